The first-order valence-electron chi connectivity index (χ1n) is 5.65. The summed E-state index contributed by atoms with van der Waals surface area (Å²) in [5.74, 6) is 0.661. The van der Waals surface area contributed by atoms with Crippen molar-refractivity contribution >= 4 is 17.6 Å². The Morgan fingerprint density at radius 2 is 2.33 bits per heavy atom. The maximum Gasteiger partial charge on any atom is 0.315 e. The van der Waals surface area contributed by atoms with E-state index in [1.807, 2.05) is 0 Å². The van der Waals surface area contributed by atoms with Crippen LogP contribution >= 0.6 is 11.6 Å². The first-order chi connectivity index (χ1) is 8.61. The molecule has 1 rings (SSSR count). The number of carbonyl (C=O) groups is 1. The van der Waals surface area contributed by atoms with Gasteiger partial charge >= 0.3 is 6.03 Å². The number of aliphatic hydroxyl groups is 1. The highest BCUT2D eigenvalue weighted by molar-refractivity contribution is 6.30. The van der Waals surface area contributed by atoms with Crippen LogP contribution in [0.4, 0.5) is 4.79 Å². The zero-order valence-electron chi connectivity index (χ0n) is 10.1. The van der Waals surface area contributed by atoms with Crippen LogP contribution < -0.4 is 15.4 Å². The largest absolute Gasteiger partial charge is 0.492 e. The topological polar surface area (TPSA) is 70.6 Å². The molecule has 2 amide bonds. The highest BCUT2D eigenvalue weighted by Gasteiger charge is 2.04. The number of carbonyl (C=O) groups excluding carboxylic acids is 1. The van der Waals surface area contributed by atoms with Gasteiger partial charge < -0.3 is 20.5 Å². The minimum Gasteiger partial charge on any atom is -0.492 e. The average Bonchev–Trinajstić information content (AvgIpc) is 2.34. The number of hydrogen-bond donors (Lipinski definition) is 3. The standard InChI is InChI=1S/C12H17ClN2O3/c1-9(8-16)15-12(17)14-5-6-18-11-4-2-3-10(13)7-11/h2-4,7,9,16H,5-6,8H2,1H3,(H2,14,15,17). The number of halogens is 1. The molecule has 0 saturated heterocycles. The fraction of sp³-hybridized carbons (Fsp3) is 0.417. The monoisotopic (exact) mass is 272 g/mol. The molecule has 0 radical (unpaired) electrons. The van der Waals surface area contributed by atoms with Crippen molar-refractivity contribution in [3.8, 4) is 5.75 Å². The van der Waals surface area contributed by atoms with Crippen molar-refractivity contribution < 1.29 is 14.6 Å². The molecule has 1 atom stereocenters. The molecular formula is C12H17ClN2O3. The Kier molecular flexibility index (Phi) is 6.32. The molecule has 0 fully saturated rings. The van der Waals surface area contributed by atoms with Crippen molar-refractivity contribution in [1.29, 1.82) is 0 Å². The summed E-state index contributed by atoms with van der Waals surface area (Å²) in [5.41, 5.74) is 0. The number of ether oxygens (including phenoxy) is 1. The Hall–Kier alpha value is -1.46. The fourth-order valence-electron chi connectivity index (χ4n) is 1.21. The van der Waals surface area contributed by atoms with Gasteiger partial charge in [-0.3, -0.25) is 0 Å². The van der Waals surface area contributed by atoms with E-state index in [9.17, 15) is 4.79 Å². The first-order valence-corrected chi connectivity index (χ1v) is 6.03. The predicted molar refractivity (Wildman–Crippen MR) is 70.0 cm³/mol. The van der Waals surface area contributed by atoms with Crippen LogP contribution in [0.2, 0.25) is 5.02 Å². The van der Waals surface area contributed by atoms with Crippen molar-refractivity contribution in [2.75, 3.05) is 19.8 Å². The average molecular weight is 273 g/mol. The Bertz CT molecular complexity index is 387. The van der Waals surface area contributed by atoms with Gasteiger partial charge in [0.15, 0.2) is 0 Å². The van der Waals surface area contributed by atoms with Crippen LogP contribution in [0.3, 0.4) is 0 Å². The van der Waals surface area contributed by atoms with Gasteiger partial charge in [-0.25, -0.2) is 4.79 Å². The van der Waals surface area contributed by atoms with Crippen molar-refractivity contribution in [2.45, 2.75) is 13.0 Å². The number of urea groups is 1. The second kappa shape index (κ2) is 7.79. The lowest BCUT2D eigenvalue weighted by Crippen LogP contribution is -2.43. The molecule has 0 bridgehead atoms. The summed E-state index contributed by atoms with van der Waals surface area (Å²) in [6.45, 7) is 2.34. The number of aliphatic hydroxyl groups excluding tert-OH is 1. The third kappa shape index (κ3) is 5.75. The van der Waals surface area contributed by atoms with Gasteiger partial charge in [0.25, 0.3) is 0 Å². The predicted octanol–water partition coefficient (Wildman–Crippen LogP) is 1.40. The molecule has 1 aromatic carbocycles. The molecule has 5 nitrogen and oxygen atoms in total. The molecule has 0 aromatic heterocycles. The first kappa shape index (κ1) is 14.6. The van der Waals surface area contributed by atoms with Crippen LogP contribution in [0.25, 0.3) is 0 Å². The number of nitrogens with one attached hydrogen (secondary N) is 2. The molecule has 6 heteroatoms. The zero-order valence-corrected chi connectivity index (χ0v) is 10.9. The summed E-state index contributed by atoms with van der Waals surface area (Å²) in [6.07, 6.45) is 0. The highest BCUT2D eigenvalue weighted by Crippen LogP contribution is 2.16. The molecule has 0 aliphatic heterocycles. The van der Waals surface area contributed by atoms with Crippen LogP contribution in [-0.2, 0) is 0 Å². The van der Waals surface area contributed by atoms with E-state index < -0.39 is 0 Å². The number of hydrogen-bond acceptors (Lipinski definition) is 3. The summed E-state index contributed by atoms with van der Waals surface area (Å²) < 4.78 is 5.39. The second-order valence-corrected chi connectivity index (χ2v) is 4.23. The van der Waals surface area contributed by atoms with E-state index in [-0.39, 0.29) is 18.7 Å². The molecule has 0 aliphatic carbocycles. The summed E-state index contributed by atoms with van der Waals surface area (Å²) in [7, 11) is 0. The Morgan fingerprint density at radius 1 is 1.56 bits per heavy atom. The van der Waals surface area contributed by atoms with Crippen LogP contribution in [0.15, 0.2) is 24.3 Å². The molecule has 0 spiro atoms. The Morgan fingerprint density at radius 3 is 3.00 bits per heavy atom. The van der Waals surface area contributed by atoms with Gasteiger partial charge in [0.05, 0.1) is 19.2 Å². The van der Waals surface area contributed by atoms with Gasteiger partial charge in [-0.15, -0.1) is 0 Å². The summed E-state index contributed by atoms with van der Waals surface area (Å²) in [6, 6.07) is 6.46. The molecule has 3 N–H and O–H groups in total. The molecule has 100 valence electrons. The minimum atomic E-state index is -0.328. The lowest BCUT2D eigenvalue weighted by molar-refractivity contribution is 0.218. The Labute approximate surface area is 111 Å². The van der Waals surface area contributed by atoms with Gasteiger partial charge in [0, 0.05) is 5.02 Å². The van der Waals surface area contributed by atoms with Crippen molar-refractivity contribution in [2.24, 2.45) is 0 Å². The normalized spacial score (nSPS) is 11.7. The lowest BCUT2D eigenvalue weighted by atomic mass is 10.3. The van der Waals surface area contributed by atoms with Crippen LogP contribution in [-0.4, -0.2) is 36.9 Å². The molecule has 0 heterocycles. The highest BCUT2D eigenvalue weighted by atomic mass is 35.5. The third-order valence-corrected chi connectivity index (χ3v) is 2.34. The smallest absolute Gasteiger partial charge is 0.315 e. The van der Waals surface area contributed by atoms with Crippen LogP contribution in [0.5, 0.6) is 5.75 Å². The number of rotatable bonds is 6. The fourth-order valence-corrected chi connectivity index (χ4v) is 1.39. The second-order valence-electron chi connectivity index (χ2n) is 3.79. The third-order valence-electron chi connectivity index (χ3n) is 2.10. The van der Waals surface area contributed by atoms with Crippen molar-refractivity contribution in [3.63, 3.8) is 0 Å². The molecule has 0 aliphatic rings. The van der Waals surface area contributed by atoms with Gasteiger partial charge in [-0.2, -0.15) is 0 Å². The molecule has 0 saturated carbocycles. The molecular weight excluding hydrogens is 256 g/mol. The Balaban J connectivity index is 2.17. The van der Waals surface area contributed by atoms with Gasteiger partial charge in [0.2, 0.25) is 0 Å². The van der Waals surface area contributed by atoms with Crippen molar-refractivity contribution in [1.82, 2.24) is 10.6 Å². The lowest BCUT2D eigenvalue weighted by Gasteiger charge is -2.12. The zero-order chi connectivity index (χ0) is 13.4. The molecule has 1 unspecified atom stereocenters. The van der Waals surface area contributed by atoms with E-state index in [0.717, 1.165) is 0 Å². The summed E-state index contributed by atoms with van der Waals surface area (Å²) >= 11 is 5.80. The summed E-state index contributed by atoms with van der Waals surface area (Å²) in [4.78, 5) is 11.3. The van der Waals surface area contributed by atoms with E-state index in [0.29, 0.717) is 23.9 Å². The van der Waals surface area contributed by atoms with Crippen LogP contribution in [0.1, 0.15) is 6.92 Å². The molecule has 18 heavy (non-hydrogen) atoms. The SMILES string of the molecule is CC(CO)NC(=O)NCCOc1cccc(Cl)c1. The van der Waals surface area contributed by atoms with E-state index in [1.54, 1.807) is 31.2 Å². The van der Waals surface area contributed by atoms with Crippen LogP contribution in [0, 0.1) is 0 Å². The molecule has 1 aromatic rings. The van der Waals surface area contributed by atoms with E-state index in [2.05, 4.69) is 10.6 Å². The van der Waals surface area contributed by atoms with Gasteiger partial charge in [0.1, 0.15) is 12.4 Å². The number of amides is 2. The van der Waals surface area contributed by atoms with Gasteiger partial charge in [-0.05, 0) is 25.1 Å². The summed E-state index contributed by atoms with van der Waals surface area (Å²) in [5, 5.41) is 14.5. The van der Waals surface area contributed by atoms with E-state index in [1.165, 1.54) is 0 Å². The van der Waals surface area contributed by atoms with Gasteiger partial charge in [-0.1, -0.05) is 17.7 Å². The maximum absolute atomic E-state index is 11.3. The van der Waals surface area contributed by atoms with E-state index in [4.69, 9.17) is 21.4 Å². The van der Waals surface area contributed by atoms with Crippen molar-refractivity contribution in [3.05, 3.63) is 29.3 Å². The quantitative estimate of drug-likeness (QED) is 0.686. The van der Waals surface area contributed by atoms with E-state index >= 15 is 0 Å². The maximum atomic E-state index is 11.3. The number of benzene rings is 1. The minimum absolute atomic E-state index is 0.0908.